The van der Waals surface area contributed by atoms with E-state index in [0.717, 1.165) is 35.5 Å². The van der Waals surface area contributed by atoms with Gasteiger partial charge in [0, 0.05) is 41.1 Å². The van der Waals surface area contributed by atoms with Gasteiger partial charge in [0.1, 0.15) is 5.75 Å². The lowest BCUT2D eigenvalue weighted by Crippen LogP contribution is -2.45. The van der Waals surface area contributed by atoms with E-state index < -0.39 is 6.36 Å². The normalized spacial score (nSPS) is 17.0. The first-order chi connectivity index (χ1) is 11.4. The Morgan fingerprint density at radius 2 is 1.92 bits per heavy atom. The minimum absolute atomic E-state index is 0. The molecule has 9 heteroatoms. The van der Waals surface area contributed by atoms with Crippen LogP contribution in [-0.4, -0.2) is 37.4 Å². The predicted molar refractivity (Wildman–Crippen MR) is 98.7 cm³/mol. The van der Waals surface area contributed by atoms with E-state index in [0.29, 0.717) is 5.56 Å². The summed E-state index contributed by atoms with van der Waals surface area (Å²) in [7, 11) is 0. The van der Waals surface area contributed by atoms with Crippen molar-refractivity contribution < 1.29 is 17.9 Å². The van der Waals surface area contributed by atoms with Crippen LogP contribution in [0.2, 0.25) is 0 Å². The van der Waals surface area contributed by atoms with Gasteiger partial charge in [0.15, 0.2) is 0 Å². The number of hydrogen-bond donors (Lipinski definition) is 1. The van der Waals surface area contributed by atoms with Gasteiger partial charge in [-0.3, -0.25) is 4.90 Å². The van der Waals surface area contributed by atoms with E-state index in [2.05, 4.69) is 30.9 Å². The SMILES string of the molecule is Cl.FC(F)(F)Oc1ccc(Br)cc1[C@H](c1cccs1)N1CCNCC1. The topological polar surface area (TPSA) is 24.5 Å². The van der Waals surface area contributed by atoms with Gasteiger partial charge in [-0.1, -0.05) is 22.0 Å². The van der Waals surface area contributed by atoms with Gasteiger partial charge in [0.05, 0.1) is 6.04 Å². The van der Waals surface area contributed by atoms with Crippen LogP contribution >= 0.6 is 39.7 Å². The van der Waals surface area contributed by atoms with Crippen molar-refractivity contribution in [2.45, 2.75) is 12.4 Å². The Balaban J connectivity index is 0.00000225. The Morgan fingerprint density at radius 1 is 1.20 bits per heavy atom. The molecule has 1 aromatic carbocycles. The lowest BCUT2D eigenvalue weighted by Gasteiger charge is -2.35. The van der Waals surface area contributed by atoms with E-state index in [1.54, 1.807) is 12.1 Å². The number of hydrogen-bond acceptors (Lipinski definition) is 4. The lowest BCUT2D eigenvalue weighted by atomic mass is 10.0. The zero-order chi connectivity index (χ0) is 17.2. The number of ether oxygens (including phenoxy) is 1. The smallest absolute Gasteiger partial charge is 0.405 e. The maximum atomic E-state index is 12.8. The summed E-state index contributed by atoms with van der Waals surface area (Å²) < 4.78 is 43.5. The van der Waals surface area contributed by atoms with E-state index >= 15 is 0 Å². The average Bonchev–Trinajstić information content (AvgIpc) is 3.04. The minimum atomic E-state index is -4.72. The monoisotopic (exact) mass is 456 g/mol. The fourth-order valence-corrected chi connectivity index (χ4v) is 4.12. The molecule has 1 atom stereocenters. The molecule has 0 amide bonds. The van der Waals surface area contributed by atoms with Gasteiger partial charge >= 0.3 is 6.36 Å². The summed E-state index contributed by atoms with van der Waals surface area (Å²) in [4.78, 5) is 3.19. The first kappa shape index (κ1) is 20.5. The molecule has 1 N–H and O–H groups in total. The van der Waals surface area contributed by atoms with Gasteiger partial charge in [0.25, 0.3) is 0 Å². The first-order valence-corrected chi connectivity index (χ1v) is 9.15. The second kappa shape index (κ2) is 8.73. The Labute approximate surface area is 162 Å². The lowest BCUT2D eigenvalue weighted by molar-refractivity contribution is -0.275. The third-order valence-electron chi connectivity index (χ3n) is 3.82. The molecule has 0 spiro atoms. The largest absolute Gasteiger partial charge is 0.573 e. The zero-order valence-electron chi connectivity index (χ0n) is 13.1. The van der Waals surface area contributed by atoms with Gasteiger partial charge in [-0.15, -0.1) is 36.9 Å². The molecule has 1 fully saturated rings. The molecule has 0 unspecified atom stereocenters. The molecule has 1 aromatic heterocycles. The summed E-state index contributed by atoms with van der Waals surface area (Å²) in [5, 5.41) is 5.21. The van der Waals surface area contributed by atoms with Crippen LogP contribution in [-0.2, 0) is 0 Å². The maximum absolute atomic E-state index is 12.8. The number of benzene rings is 1. The second-order valence-electron chi connectivity index (χ2n) is 5.43. The standard InChI is InChI=1S/C16H16BrF3N2OS.ClH/c17-11-3-4-13(23-16(18,19)20)12(10-11)15(14-2-1-9-24-14)22-7-5-21-6-8-22;/h1-4,9-10,15,21H,5-8H2;1H/t15-;/m1./s1. The van der Waals surface area contributed by atoms with E-state index in [1.165, 1.54) is 17.4 Å². The van der Waals surface area contributed by atoms with Crippen molar-refractivity contribution in [3.8, 4) is 5.75 Å². The van der Waals surface area contributed by atoms with Gasteiger partial charge < -0.3 is 10.1 Å². The van der Waals surface area contributed by atoms with Crippen molar-refractivity contribution in [2.75, 3.05) is 26.2 Å². The fraction of sp³-hybridized carbons (Fsp3) is 0.375. The van der Waals surface area contributed by atoms with Crippen molar-refractivity contribution in [1.29, 1.82) is 0 Å². The Bertz CT molecular complexity index is 679. The van der Waals surface area contributed by atoms with Crippen LogP contribution in [0.1, 0.15) is 16.5 Å². The van der Waals surface area contributed by atoms with E-state index in [9.17, 15) is 13.2 Å². The van der Waals surface area contributed by atoms with E-state index in [4.69, 9.17) is 0 Å². The molecule has 1 saturated heterocycles. The van der Waals surface area contributed by atoms with Crippen LogP contribution in [0.5, 0.6) is 5.75 Å². The van der Waals surface area contributed by atoms with Crippen LogP contribution in [0, 0.1) is 0 Å². The minimum Gasteiger partial charge on any atom is -0.405 e. The molecule has 3 rings (SSSR count). The highest BCUT2D eigenvalue weighted by Gasteiger charge is 2.35. The van der Waals surface area contributed by atoms with Crippen molar-refractivity contribution in [3.05, 3.63) is 50.6 Å². The van der Waals surface area contributed by atoms with Crippen LogP contribution in [0.25, 0.3) is 0 Å². The Hall–Kier alpha value is -0.800. The molecule has 2 heterocycles. The van der Waals surface area contributed by atoms with Crippen LogP contribution in [0.15, 0.2) is 40.2 Å². The number of halogens is 5. The quantitative estimate of drug-likeness (QED) is 0.712. The predicted octanol–water partition coefficient (Wildman–Crippen LogP) is 4.83. The summed E-state index contributed by atoms with van der Waals surface area (Å²) in [5.41, 5.74) is 0.519. The van der Waals surface area contributed by atoms with Crippen molar-refractivity contribution in [1.82, 2.24) is 10.2 Å². The number of rotatable bonds is 4. The number of nitrogens with zero attached hydrogens (tertiary/aromatic N) is 1. The molecule has 0 radical (unpaired) electrons. The van der Waals surface area contributed by atoms with Crippen molar-refractivity contribution >= 4 is 39.7 Å². The maximum Gasteiger partial charge on any atom is 0.573 e. The van der Waals surface area contributed by atoms with Crippen LogP contribution in [0.3, 0.4) is 0 Å². The summed E-state index contributed by atoms with van der Waals surface area (Å²) in [5.74, 6) is -0.150. The van der Waals surface area contributed by atoms with E-state index in [1.807, 2.05) is 17.5 Å². The third-order valence-corrected chi connectivity index (χ3v) is 5.24. The van der Waals surface area contributed by atoms with Gasteiger partial charge in [0.2, 0.25) is 0 Å². The highest BCUT2D eigenvalue weighted by Crippen LogP contribution is 2.40. The summed E-state index contributed by atoms with van der Waals surface area (Å²) >= 11 is 4.91. The zero-order valence-corrected chi connectivity index (χ0v) is 16.3. The molecule has 0 aliphatic carbocycles. The van der Waals surface area contributed by atoms with Crippen LogP contribution < -0.4 is 10.1 Å². The number of alkyl halides is 3. The number of nitrogens with one attached hydrogen (secondary N) is 1. The molecule has 2 aromatic rings. The fourth-order valence-electron chi connectivity index (χ4n) is 2.87. The number of thiophene rings is 1. The van der Waals surface area contributed by atoms with Crippen molar-refractivity contribution in [3.63, 3.8) is 0 Å². The Morgan fingerprint density at radius 3 is 2.52 bits per heavy atom. The van der Waals surface area contributed by atoms with Crippen molar-refractivity contribution in [2.24, 2.45) is 0 Å². The van der Waals surface area contributed by atoms with Gasteiger partial charge in [-0.25, -0.2) is 0 Å². The highest BCUT2D eigenvalue weighted by molar-refractivity contribution is 9.10. The summed E-state index contributed by atoms with van der Waals surface area (Å²) in [6, 6.07) is 8.26. The van der Waals surface area contributed by atoms with E-state index in [-0.39, 0.29) is 24.2 Å². The molecule has 1 aliphatic heterocycles. The molecule has 3 nitrogen and oxygen atoms in total. The molecule has 0 bridgehead atoms. The molecule has 25 heavy (non-hydrogen) atoms. The highest BCUT2D eigenvalue weighted by atomic mass is 79.9. The average molecular weight is 458 g/mol. The molecule has 0 saturated carbocycles. The molecule has 138 valence electrons. The summed E-state index contributed by atoms with van der Waals surface area (Å²) in [6.07, 6.45) is -4.72. The third kappa shape index (κ3) is 5.34. The van der Waals surface area contributed by atoms with Crippen LogP contribution in [0.4, 0.5) is 13.2 Å². The molecule has 1 aliphatic rings. The Kier molecular flexibility index (Phi) is 7.16. The van der Waals surface area contributed by atoms with Gasteiger partial charge in [-0.2, -0.15) is 0 Å². The molecular weight excluding hydrogens is 441 g/mol. The first-order valence-electron chi connectivity index (χ1n) is 7.47. The molecular formula is C16H17BrClF3N2OS. The summed E-state index contributed by atoms with van der Waals surface area (Å²) in [6.45, 7) is 3.15. The second-order valence-corrected chi connectivity index (χ2v) is 7.33. The van der Waals surface area contributed by atoms with Gasteiger partial charge in [-0.05, 0) is 29.6 Å². The number of piperazine rings is 1.